The fraction of sp³-hybridized carbons (Fsp3) is 0.261. The monoisotopic (exact) mass is 412 g/mol. The Hall–Kier alpha value is -2.14. The Morgan fingerprint density at radius 3 is 2.25 bits per heavy atom. The second kappa shape index (κ2) is 8.08. The van der Waals surface area contributed by atoms with E-state index in [0.717, 1.165) is 16.0 Å². The highest BCUT2D eigenvalue weighted by molar-refractivity contribution is 7.20. The molecule has 0 fully saturated rings. The van der Waals surface area contributed by atoms with Crippen molar-refractivity contribution in [2.24, 2.45) is 0 Å². The molecule has 3 aromatic rings. The molecule has 3 nitrogen and oxygen atoms in total. The van der Waals surface area contributed by atoms with Crippen LogP contribution in [0.2, 0.25) is 5.02 Å². The average Bonchev–Trinajstić information content (AvgIpc) is 2.97. The Labute approximate surface area is 175 Å². The standard InChI is InChI=1S/C23H25ClN2OS/c1-23(2,3)26(4)14-18-19(20(27)15-10-12-17(24)13-11-15)22(25)28-21(18)16-8-6-5-7-9-16/h5-13H,14,25H2,1-4H3. The van der Waals surface area contributed by atoms with E-state index in [9.17, 15) is 4.79 Å². The van der Waals surface area contributed by atoms with Gasteiger partial charge in [0.15, 0.2) is 5.78 Å². The van der Waals surface area contributed by atoms with Crippen LogP contribution in [0.1, 0.15) is 42.3 Å². The second-order valence-corrected chi connectivity index (χ2v) is 9.37. The van der Waals surface area contributed by atoms with Crippen molar-refractivity contribution in [1.29, 1.82) is 0 Å². The zero-order valence-corrected chi connectivity index (χ0v) is 18.2. The molecule has 2 aromatic carbocycles. The number of hydrogen-bond donors (Lipinski definition) is 1. The van der Waals surface area contributed by atoms with Crippen LogP contribution >= 0.6 is 22.9 Å². The molecule has 0 saturated heterocycles. The molecule has 5 heteroatoms. The van der Waals surface area contributed by atoms with Crippen LogP contribution < -0.4 is 5.73 Å². The van der Waals surface area contributed by atoms with Gasteiger partial charge in [-0.2, -0.15) is 0 Å². The van der Waals surface area contributed by atoms with Crippen LogP contribution in [-0.4, -0.2) is 23.3 Å². The van der Waals surface area contributed by atoms with Crippen LogP contribution in [0.15, 0.2) is 54.6 Å². The molecule has 0 saturated carbocycles. The number of ketones is 1. The van der Waals surface area contributed by atoms with Gasteiger partial charge in [0.05, 0.1) is 10.6 Å². The Balaban J connectivity index is 2.14. The number of benzene rings is 2. The molecule has 0 atom stereocenters. The van der Waals surface area contributed by atoms with Crippen molar-refractivity contribution < 1.29 is 4.79 Å². The third kappa shape index (κ3) is 4.30. The molecule has 3 rings (SSSR count). The van der Waals surface area contributed by atoms with Crippen molar-refractivity contribution in [1.82, 2.24) is 4.90 Å². The van der Waals surface area contributed by atoms with E-state index >= 15 is 0 Å². The van der Waals surface area contributed by atoms with Crippen LogP contribution in [0.3, 0.4) is 0 Å². The highest BCUT2D eigenvalue weighted by Crippen LogP contribution is 2.41. The Morgan fingerprint density at radius 2 is 1.68 bits per heavy atom. The van der Waals surface area contributed by atoms with E-state index in [1.165, 1.54) is 11.3 Å². The molecule has 0 aliphatic carbocycles. The lowest BCUT2D eigenvalue weighted by atomic mass is 9.96. The Morgan fingerprint density at radius 1 is 1.07 bits per heavy atom. The van der Waals surface area contributed by atoms with Crippen molar-refractivity contribution in [3.05, 3.63) is 76.3 Å². The van der Waals surface area contributed by atoms with Gasteiger partial charge in [0, 0.05) is 27.5 Å². The summed E-state index contributed by atoms with van der Waals surface area (Å²) in [6, 6.07) is 17.1. The SMILES string of the molecule is CN(Cc1c(-c2ccccc2)sc(N)c1C(=O)c1ccc(Cl)cc1)C(C)(C)C. The molecule has 0 unspecified atom stereocenters. The van der Waals surface area contributed by atoms with Gasteiger partial charge in [-0.1, -0.05) is 41.9 Å². The maximum atomic E-state index is 13.3. The van der Waals surface area contributed by atoms with Crippen molar-refractivity contribution in [3.63, 3.8) is 0 Å². The fourth-order valence-electron chi connectivity index (χ4n) is 2.93. The molecule has 28 heavy (non-hydrogen) atoms. The molecule has 0 spiro atoms. The summed E-state index contributed by atoms with van der Waals surface area (Å²) < 4.78 is 0. The predicted octanol–water partition coefficient (Wildman–Crippen LogP) is 6.11. The fourth-order valence-corrected chi connectivity index (χ4v) is 4.13. The maximum absolute atomic E-state index is 13.3. The molecule has 0 bridgehead atoms. The lowest BCUT2D eigenvalue weighted by Crippen LogP contribution is -2.37. The van der Waals surface area contributed by atoms with Crippen molar-refractivity contribution in [2.45, 2.75) is 32.9 Å². The molecular weight excluding hydrogens is 388 g/mol. The molecule has 1 aromatic heterocycles. The number of rotatable bonds is 5. The summed E-state index contributed by atoms with van der Waals surface area (Å²) >= 11 is 7.46. The van der Waals surface area contributed by atoms with Gasteiger partial charge in [0.25, 0.3) is 0 Å². The Bertz CT molecular complexity index is 972. The summed E-state index contributed by atoms with van der Waals surface area (Å²) in [5.41, 5.74) is 9.59. The van der Waals surface area contributed by atoms with Crippen molar-refractivity contribution >= 4 is 33.7 Å². The van der Waals surface area contributed by atoms with Gasteiger partial charge in [-0.25, -0.2) is 0 Å². The van der Waals surface area contributed by atoms with Gasteiger partial charge in [-0.3, -0.25) is 9.69 Å². The minimum Gasteiger partial charge on any atom is -0.390 e. The van der Waals surface area contributed by atoms with Crippen LogP contribution in [0, 0.1) is 0 Å². The van der Waals surface area contributed by atoms with Crippen LogP contribution in [0.5, 0.6) is 0 Å². The van der Waals surface area contributed by atoms with Crippen LogP contribution in [-0.2, 0) is 6.54 Å². The van der Waals surface area contributed by atoms with E-state index < -0.39 is 0 Å². The molecule has 2 N–H and O–H groups in total. The zero-order valence-electron chi connectivity index (χ0n) is 16.6. The smallest absolute Gasteiger partial charge is 0.196 e. The first kappa shape index (κ1) is 20.6. The van der Waals surface area contributed by atoms with E-state index in [2.05, 4.69) is 44.9 Å². The van der Waals surface area contributed by atoms with Gasteiger partial charge in [-0.05, 0) is 63.2 Å². The minimum absolute atomic E-state index is 0.0365. The number of hydrogen-bond acceptors (Lipinski definition) is 4. The van der Waals surface area contributed by atoms with Crippen LogP contribution in [0.25, 0.3) is 10.4 Å². The molecular formula is C23H25ClN2OS. The highest BCUT2D eigenvalue weighted by atomic mass is 35.5. The molecule has 0 aliphatic rings. The number of nitrogens with zero attached hydrogens (tertiary/aromatic N) is 1. The summed E-state index contributed by atoms with van der Waals surface area (Å²) in [4.78, 5) is 16.6. The zero-order chi connectivity index (χ0) is 20.5. The first-order valence-corrected chi connectivity index (χ1v) is 10.4. The van der Waals surface area contributed by atoms with Gasteiger partial charge >= 0.3 is 0 Å². The number of carbonyl (C=O) groups excluding carboxylic acids is 1. The minimum atomic E-state index is -0.0649. The lowest BCUT2D eigenvalue weighted by molar-refractivity contribution is 0.103. The molecule has 0 aliphatic heterocycles. The van der Waals surface area contributed by atoms with Gasteiger partial charge in [-0.15, -0.1) is 11.3 Å². The number of nitrogen functional groups attached to an aromatic ring is 1. The summed E-state index contributed by atoms with van der Waals surface area (Å²) in [6.07, 6.45) is 0. The molecule has 1 heterocycles. The van der Waals surface area contributed by atoms with E-state index in [-0.39, 0.29) is 11.3 Å². The third-order valence-corrected chi connectivity index (χ3v) is 6.31. The van der Waals surface area contributed by atoms with E-state index in [1.807, 2.05) is 18.2 Å². The van der Waals surface area contributed by atoms with Gasteiger partial charge < -0.3 is 5.73 Å². The normalized spacial score (nSPS) is 11.8. The average molecular weight is 413 g/mol. The topological polar surface area (TPSA) is 46.3 Å². The predicted molar refractivity (Wildman–Crippen MR) is 120 cm³/mol. The third-order valence-electron chi connectivity index (χ3n) is 4.94. The van der Waals surface area contributed by atoms with E-state index in [0.29, 0.717) is 27.7 Å². The first-order valence-electron chi connectivity index (χ1n) is 9.16. The number of carbonyl (C=O) groups is 1. The van der Waals surface area contributed by atoms with E-state index in [1.54, 1.807) is 24.3 Å². The van der Waals surface area contributed by atoms with Gasteiger partial charge in [0.1, 0.15) is 0 Å². The summed E-state index contributed by atoms with van der Waals surface area (Å²) in [5, 5.41) is 1.16. The summed E-state index contributed by atoms with van der Waals surface area (Å²) in [7, 11) is 2.07. The number of halogens is 1. The second-order valence-electron chi connectivity index (χ2n) is 7.88. The quantitative estimate of drug-likeness (QED) is 0.514. The lowest BCUT2D eigenvalue weighted by Gasteiger charge is -2.32. The van der Waals surface area contributed by atoms with Crippen molar-refractivity contribution in [2.75, 3.05) is 12.8 Å². The Kier molecular flexibility index (Phi) is 5.94. The number of thiophene rings is 1. The maximum Gasteiger partial charge on any atom is 0.196 e. The number of anilines is 1. The first-order chi connectivity index (χ1) is 13.2. The largest absolute Gasteiger partial charge is 0.390 e. The molecule has 146 valence electrons. The molecule has 0 radical (unpaired) electrons. The van der Waals surface area contributed by atoms with Crippen LogP contribution in [0.4, 0.5) is 5.00 Å². The number of nitrogens with two attached hydrogens (primary N) is 1. The van der Waals surface area contributed by atoms with Gasteiger partial charge in [0.2, 0.25) is 0 Å². The summed E-state index contributed by atoms with van der Waals surface area (Å²) in [6.45, 7) is 7.11. The summed E-state index contributed by atoms with van der Waals surface area (Å²) in [5.74, 6) is -0.0649. The van der Waals surface area contributed by atoms with Crippen molar-refractivity contribution in [3.8, 4) is 10.4 Å². The van der Waals surface area contributed by atoms with E-state index in [4.69, 9.17) is 17.3 Å². The highest BCUT2D eigenvalue weighted by Gasteiger charge is 2.27. The molecule has 0 amide bonds.